The Kier molecular flexibility index (Phi) is 3.44. The van der Waals surface area contributed by atoms with E-state index in [9.17, 15) is 0 Å². The summed E-state index contributed by atoms with van der Waals surface area (Å²) in [4.78, 5) is 2.27. The molecule has 1 heterocycles. The molecule has 19 heavy (non-hydrogen) atoms. The largest absolute Gasteiger partial charge is 0.298 e. The first kappa shape index (κ1) is 12.9. The number of aryl methyl sites for hydroxylation is 1. The standard InChI is InChI=1S/C15H12ClNS2/c1-17-14(10-2-6-12(16)7-3-10)15(19-17)11-4-8-13(18)9-5-11/h2-9,18H,1H3. The first-order chi connectivity index (χ1) is 9.15. The zero-order valence-corrected chi connectivity index (χ0v) is 12.8. The third-order valence-electron chi connectivity index (χ3n) is 3.01. The summed E-state index contributed by atoms with van der Waals surface area (Å²) in [6.45, 7) is 0. The van der Waals surface area contributed by atoms with Crippen molar-refractivity contribution in [1.82, 2.24) is 3.96 Å². The van der Waals surface area contributed by atoms with Gasteiger partial charge in [0.15, 0.2) is 0 Å². The van der Waals surface area contributed by atoms with Gasteiger partial charge in [0, 0.05) is 22.5 Å². The lowest BCUT2D eigenvalue weighted by Gasteiger charge is -2.19. The highest BCUT2D eigenvalue weighted by Crippen LogP contribution is 2.40. The minimum Gasteiger partial charge on any atom is -0.298 e. The van der Waals surface area contributed by atoms with Crippen molar-refractivity contribution < 1.29 is 0 Å². The van der Waals surface area contributed by atoms with Crippen LogP contribution in [0.3, 0.4) is 0 Å². The van der Waals surface area contributed by atoms with Crippen molar-refractivity contribution in [1.29, 1.82) is 0 Å². The minimum absolute atomic E-state index is 0.764. The normalized spacial score (nSPS) is 10.9. The summed E-state index contributed by atoms with van der Waals surface area (Å²) in [5.41, 5.74) is 3.66. The highest BCUT2D eigenvalue weighted by molar-refractivity contribution is 7.80. The van der Waals surface area contributed by atoms with Gasteiger partial charge in [-0.3, -0.25) is 3.96 Å². The van der Waals surface area contributed by atoms with E-state index in [2.05, 4.69) is 47.9 Å². The van der Waals surface area contributed by atoms with Gasteiger partial charge in [-0.05, 0) is 29.8 Å². The maximum absolute atomic E-state index is 5.94. The lowest BCUT2D eigenvalue weighted by atomic mass is 10.1. The van der Waals surface area contributed by atoms with Crippen LogP contribution in [0, 0.1) is 0 Å². The van der Waals surface area contributed by atoms with Crippen molar-refractivity contribution in [3.63, 3.8) is 0 Å². The van der Waals surface area contributed by atoms with Crippen LogP contribution in [-0.4, -0.2) is 3.96 Å². The van der Waals surface area contributed by atoms with Crippen molar-refractivity contribution >= 4 is 35.8 Å². The van der Waals surface area contributed by atoms with Crippen molar-refractivity contribution in [2.45, 2.75) is 4.90 Å². The molecule has 2 aromatic carbocycles. The van der Waals surface area contributed by atoms with Crippen LogP contribution < -0.4 is 0 Å². The van der Waals surface area contributed by atoms with Crippen molar-refractivity contribution in [2.75, 3.05) is 0 Å². The van der Waals surface area contributed by atoms with E-state index in [-0.39, 0.29) is 0 Å². The number of nitrogens with zero attached hydrogens (tertiary/aromatic N) is 1. The molecule has 0 aliphatic carbocycles. The van der Waals surface area contributed by atoms with E-state index in [4.69, 9.17) is 11.6 Å². The molecule has 0 saturated heterocycles. The zero-order valence-electron chi connectivity index (χ0n) is 10.3. The molecule has 96 valence electrons. The molecule has 0 aliphatic rings. The molecule has 0 N–H and O–H groups in total. The topological polar surface area (TPSA) is 4.93 Å². The van der Waals surface area contributed by atoms with Gasteiger partial charge in [-0.2, -0.15) is 0 Å². The van der Waals surface area contributed by atoms with E-state index in [1.165, 1.54) is 21.7 Å². The van der Waals surface area contributed by atoms with Crippen molar-refractivity contribution in [3.05, 3.63) is 53.6 Å². The SMILES string of the molecule is Cn1sc(-c2ccc(S)cc2)c1-c1ccc(Cl)cc1. The lowest BCUT2D eigenvalue weighted by molar-refractivity contribution is 1.02. The second-order valence-corrected chi connectivity index (χ2v) is 6.41. The van der Waals surface area contributed by atoms with Gasteiger partial charge in [0.05, 0.1) is 10.6 Å². The van der Waals surface area contributed by atoms with E-state index in [0.29, 0.717) is 0 Å². The number of halogens is 1. The Hall–Kier alpha value is -1.16. The molecular formula is C15H12ClNS2. The van der Waals surface area contributed by atoms with E-state index in [0.717, 1.165) is 9.92 Å². The first-order valence-corrected chi connectivity index (χ1v) is 7.46. The zero-order chi connectivity index (χ0) is 13.4. The molecule has 0 unspecified atom stereocenters. The predicted octanol–water partition coefficient (Wildman–Crippen LogP) is 5.36. The Morgan fingerprint density at radius 1 is 0.947 bits per heavy atom. The summed E-state index contributed by atoms with van der Waals surface area (Å²) in [7, 11) is 2.07. The highest BCUT2D eigenvalue weighted by atomic mass is 35.5. The van der Waals surface area contributed by atoms with Crippen LogP contribution in [0.2, 0.25) is 5.02 Å². The first-order valence-electron chi connectivity index (χ1n) is 5.86. The Balaban J connectivity index is 2.05. The van der Waals surface area contributed by atoms with Crippen molar-refractivity contribution in [2.24, 2.45) is 7.05 Å². The Morgan fingerprint density at radius 3 is 2.11 bits per heavy atom. The van der Waals surface area contributed by atoms with E-state index in [1.807, 2.05) is 24.3 Å². The summed E-state index contributed by atoms with van der Waals surface area (Å²) in [6, 6.07) is 16.2. The van der Waals surface area contributed by atoms with Crippen LogP contribution >= 0.6 is 35.8 Å². The molecule has 0 amide bonds. The van der Waals surface area contributed by atoms with Gasteiger partial charge in [-0.25, -0.2) is 0 Å². The average Bonchev–Trinajstić information content (AvgIpc) is 2.40. The molecule has 0 spiro atoms. The van der Waals surface area contributed by atoms with E-state index >= 15 is 0 Å². The number of benzene rings is 2. The summed E-state index contributed by atoms with van der Waals surface area (Å²) < 4.78 is 2.17. The smallest absolute Gasteiger partial charge is 0.0770 e. The van der Waals surface area contributed by atoms with Crippen LogP contribution in [0.1, 0.15) is 0 Å². The number of hydrogen-bond acceptors (Lipinski definition) is 2. The molecule has 0 fully saturated rings. The third kappa shape index (κ3) is 2.46. The van der Waals surface area contributed by atoms with E-state index in [1.54, 1.807) is 11.5 Å². The Labute approximate surface area is 127 Å². The summed E-state index contributed by atoms with van der Waals surface area (Å²) in [6.07, 6.45) is 0. The van der Waals surface area contributed by atoms with Gasteiger partial charge < -0.3 is 0 Å². The molecule has 0 bridgehead atoms. The van der Waals surface area contributed by atoms with Gasteiger partial charge >= 0.3 is 0 Å². The number of rotatable bonds is 2. The third-order valence-corrected chi connectivity index (χ3v) is 4.62. The highest BCUT2D eigenvalue weighted by Gasteiger charge is 2.16. The molecular weight excluding hydrogens is 294 g/mol. The maximum Gasteiger partial charge on any atom is 0.0770 e. The second kappa shape index (κ2) is 5.08. The summed E-state index contributed by atoms with van der Waals surface area (Å²) >= 11 is 12.0. The van der Waals surface area contributed by atoms with Crippen LogP contribution in [-0.2, 0) is 7.05 Å². The van der Waals surface area contributed by atoms with Gasteiger partial charge in [-0.1, -0.05) is 47.4 Å². The van der Waals surface area contributed by atoms with Gasteiger partial charge in [0.2, 0.25) is 0 Å². The molecule has 3 rings (SSSR count). The van der Waals surface area contributed by atoms with Crippen LogP contribution in [0.15, 0.2) is 53.4 Å². The monoisotopic (exact) mass is 305 g/mol. The fourth-order valence-corrected chi connectivity index (χ4v) is 3.34. The molecule has 1 nitrogen and oxygen atoms in total. The van der Waals surface area contributed by atoms with E-state index < -0.39 is 0 Å². The second-order valence-electron chi connectivity index (χ2n) is 4.32. The Morgan fingerprint density at radius 2 is 1.53 bits per heavy atom. The molecule has 0 aliphatic heterocycles. The molecule has 0 saturated carbocycles. The van der Waals surface area contributed by atoms with Gasteiger partial charge in [0.1, 0.15) is 0 Å². The van der Waals surface area contributed by atoms with Crippen LogP contribution in [0.5, 0.6) is 0 Å². The van der Waals surface area contributed by atoms with Gasteiger partial charge in [0.25, 0.3) is 0 Å². The fraction of sp³-hybridized carbons (Fsp3) is 0.0667. The van der Waals surface area contributed by atoms with Crippen LogP contribution in [0.25, 0.3) is 21.7 Å². The molecule has 3 aromatic rings. The number of aromatic nitrogens is 1. The van der Waals surface area contributed by atoms with Gasteiger partial charge in [-0.15, -0.1) is 12.6 Å². The number of hydrogen-bond donors (Lipinski definition) is 1. The molecule has 4 heteroatoms. The maximum atomic E-state index is 5.94. The Bertz CT molecular complexity index is 693. The predicted molar refractivity (Wildman–Crippen MR) is 86.4 cm³/mol. The van der Waals surface area contributed by atoms with Crippen molar-refractivity contribution in [3.8, 4) is 21.7 Å². The summed E-state index contributed by atoms with van der Waals surface area (Å²) in [5, 5.41) is 0.764. The summed E-state index contributed by atoms with van der Waals surface area (Å²) in [5.74, 6) is 0. The molecule has 0 atom stereocenters. The van der Waals surface area contributed by atoms with Crippen LogP contribution in [0.4, 0.5) is 0 Å². The number of thiol groups is 1. The lowest BCUT2D eigenvalue weighted by Crippen LogP contribution is -2.00. The molecule has 1 aromatic heterocycles. The molecule has 0 radical (unpaired) electrons. The minimum atomic E-state index is 0.764. The quantitative estimate of drug-likeness (QED) is 0.608. The average molecular weight is 306 g/mol. The fourth-order valence-electron chi connectivity index (χ4n) is 2.05.